The molecule has 0 atom stereocenters. The van der Waals surface area contributed by atoms with Gasteiger partial charge in [-0.15, -0.1) is 16.7 Å². The van der Waals surface area contributed by atoms with Gasteiger partial charge in [0.2, 0.25) is 5.88 Å². The van der Waals surface area contributed by atoms with Crippen LogP contribution in [0.5, 0.6) is 5.88 Å². The first-order valence-corrected chi connectivity index (χ1v) is 9.02. The molecule has 140 valence electrons. The van der Waals surface area contributed by atoms with E-state index in [9.17, 15) is 14.7 Å². The summed E-state index contributed by atoms with van der Waals surface area (Å²) in [6.07, 6.45) is 5.34. The van der Waals surface area contributed by atoms with Gasteiger partial charge in [-0.3, -0.25) is 14.2 Å². The van der Waals surface area contributed by atoms with E-state index in [0.717, 1.165) is 4.47 Å². The number of aromatic nitrogens is 1. The van der Waals surface area contributed by atoms with Gasteiger partial charge < -0.3 is 10.4 Å². The van der Waals surface area contributed by atoms with E-state index in [-0.39, 0.29) is 24.7 Å². The summed E-state index contributed by atoms with van der Waals surface area (Å²) in [7, 11) is 0. The number of aromatic hydroxyl groups is 1. The van der Waals surface area contributed by atoms with Crippen molar-refractivity contribution in [2.75, 3.05) is 6.54 Å². The Labute approximate surface area is 169 Å². The zero-order valence-electron chi connectivity index (χ0n) is 14.6. The Morgan fingerprint density at radius 2 is 1.89 bits per heavy atom. The van der Waals surface area contributed by atoms with Crippen molar-refractivity contribution in [3.05, 3.63) is 58.6 Å². The molecule has 0 unspecified atom stereocenters. The molecule has 0 saturated carbocycles. The van der Waals surface area contributed by atoms with Crippen LogP contribution in [-0.2, 0) is 11.3 Å². The number of nitrogens with one attached hydrogen (secondary N) is 1. The molecule has 1 aromatic heterocycles. The Bertz CT molecular complexity index is 1110. The average molecular weight is 439 g/mol. The highest BCUT2D eigenvalue weighted by molar-refractivity contribution is 9.10. The van der Waals surface area contributed by atoms with Gasteiger partial charge in [0.15, 0.2) is 5.69 Å². The molecule has 3 aromatic rings. The Kier molecular flexibility index (Phi) is 5.87. The molecule has 7 nitrogen and oxygen atoms in total. The van der Waals surface area contributed by atoms with Crippen LogP contribution in [0.2, 0.25) is 0 Å². The maximum Gasteiger partial charge on any atom is 0.283 e. The van der Waals surface area contributed by atoms with Crippen LogP contribution in [0.1, 0.15) is 10.4 Å². The zero-order valence-corrected chi connectivity index (χ0v) is 16.2. The molecule has 0 spiro atoms. The standard InChI is InChI=1S/C20H15BrN4O3/c1-2-11-25-16-6-4-3-5-15(16)18(20(25)28)24-23-17(26)12-22-19(27)13-7-9-14(21)10-8-13/h1,3-10,28H,11-12H2,(H,22,27). The molecule has 0 fully saturated rings. The molecule has 0 aliphatic rings. The predicted octanol–water partition coefficient (Wildman–Crippen LogP) is 3.78. The van der Waals surface area contributed by atoms with Gasteiger partial charge in [-0.05, 0) is 30.3 Å². The number of benzene rings is 2. The van der Waals surface area contributed by atoms with E-state index >= 15 is 0 Å². The number of para-hydroxylation sites is 1. The predicted molar refractivity (Wildman–Crippen MR) is 108 cm³/mol. The molecule has 2 N–H and O–H groups in total. The van der Waals surface area contributed by atoms with Crippen molar-refractivity contribution in [1.29, 1.82) is 0 Å². The van der Waals surface area contributed by atoms with Crippen LogP contribution in [-0.4, -0.2) is 28.0 Å². The van der Waals surface area contributed by atoms with Gasteiger partial charge in [0, 0.05) is 15.4 Å². The molecular formula is C20H15BrN4O3. The molecule has 0 bridgehead atoms. The molecule has 28 heavy (non-hydrogen) atoms. The number of rotatable bonds is 5. The van der Waals surface area contributed by atoms with Crippen LogP contribution < -0.4 is 5.32 Å². The smallest absolute Gasteiger partial charge is 0.283 e. The fraction of sp³-hybridized carbons (Fsp3) is 0.100. The summed E-state index contributed by atoms with van der Waals surface area (Å²) in [5.41, 5.74) is 1.25. The fourth-order valence-corrected chi connectivity index (χ4v) is 2.89. The summed E-state index contributed by atoms with van der Waals surface area (Å²) < 4.78 is 2.35. The lowest BCUT2D eigenvalue weighted by Crippen LogP contribution is -2.28. The number of fused-ring (bicyclic) bond motifs is 1. The van der Waals surface area contributed by atoms with Crippen LogP contribution in [0.25, 0.3) is 10.9 Å². The van der Waals surface area contributed by atoms with Crippen molar-refractivity contribution in [3.8, 4) is 18.2 Å². The SMILES string of the molecule is C#CCn1c(O)c(N=NC(=O)CNC(=O)c2ccc(Br)cc2)c2ccccc21. The van der Waals surface area contributed by atoms with E-state index in [0.29, 0.717) is 16.5 Å². The highest BCUT2D eigenvalue weighted by atomic mass is 79.9. The normalized spacial score (nSPS) is 10.9. The molecule has 0 aliphatic carbocycles. The maximum absolute atomic E-state index is 12.0. The van der Waals surface area contributed by atoms with Gasteiger partial charge in [-0.25, -0.2) is 0 Å². The number of terminal acetylenes is 1. The lowest BCUT2D eigenvalue weighted by molar-refractivity contribution is -0.117. The number of nitrogens with zero attached hydrogens (tertiary/aromatic N) is 3. The molecule has 0 aliphatic heterocycles. The van der Waals surface area contributed by atoms with E-state index in [1.165, 1.54) is 4.57 Å². The van der Waals surface area contributed by atoms with E-state index in [1.807, 2.05) is 0 Å². The highest BCUT2D eigenvalue weighted by Crippen LogP contribution is 2.38. The Hall–Kier alpha value is -3.44. The third-order valence-electron chi connectivity index (χ3n) is 3.93. The van der Waals surface area contributed by atoms with Gasteiger partial charge >= 0.3 is 0 Å². The number of azo groups is 1. The fourth-order valence-electron chi connectivity index (χ4n) is 2.62. The van der Waals surface area contributed by atoms with Crippen LogP contribution >= 0.6 is 15.9 Å². The minimum absolute atomic E-state index is 0.151. The van der Waals surface area contributed by atoms with Crippen molar-refractivity contribution >= 4 is 44.3 Å². The third-order valence-corrected chi connectivity index (χ3v) is 4.46. The minimum Gasteiger partial charge on any atom is -0.493 e. The second-order valence-electron chi connectivity index (χ2n) is 5.76. The summed E-state index contributed by atoms with van der Waals surface area (Å²) in [6.45, 7) is -0.165. The number of carbonyl (C=O) groups is 2. The lowest BCUT2D eigenvalue weighted by Gasteiger charge is -2.02. The Morgan fingerprint density at radius 1 is 1.18 bits per heavy atom. The second kappa shape index (κ2) is 8.50. The zero-order chi connectivity index (χ0) is 20.1. The molecule has 0 saturated heterocycles. The number of halogens is 1. The number of carbonyl (C=O) groups excluding carboxylic acids is 2. The molecule has 2 aromatic carbocycles. The van der Waals surface area contributed by atoms with Gasteiger partial charge in [0.1, 0.15) is 6.54 Å². The van der Waals surface area contributed by atoms with Crippen molar-refractivity contribution in [2.24, 2.45) is 10.2 Å². The lowest BCUT2D eigenvalue weighted by atomic mass is 10.2. The van der Waals surface area contributed by atoms with Crippen LogP contribution in [0.3, 0.4) is 0 Å². The van der Waals surface area contributed by atoms with E-state index in [4.69, 9.17) is 6.42 Å². The molecule has 2 amide bonds. The Morgan fingerprint density at radius 3 is 2.61 bits per heavy atom. The van der Waals surface area contributed by atoms with Gasteiger partial charge in [-0.2, -0.15) is 0 Å². The molecular weight excluding hydrogens is 424 g/mol. The third kappa shape index (κ3) is 4.10. The summed E-state index contributed by atoms with van der Waals surface area (Å²) in [4.78, 5) is 24.0. The summed E-state index contributed by atoms with van der Waals surface area (Å²) >= 11 is 3.29. The quantitative estimate of drug-likeness (QED) is 0.468. The number of hydrogen-bond acceptors (Lipinski definition) is 4. The van der Waals surface area contributed by atoms with E-state index < -0.39 is 11.8 Å². The maximum atomic E-state index is 12.0. The van der Waals surface area contributed by atoms with E-state index in [2.05, 4.69) is 37.4 Å². The monoisotopic (exact) mass is 438 g/mol. The van der Waals surface area contributed by atoms with E-state index in [1.54, 1.807) is 48.5 Å². The molecule has 8 heteroatoms. The summed E-state index contributed by atoms with van der Waals surface area (Å²) in [5, 5.41) is 20.9. The first-order chi connectivity index (χ1) is 13.5. The Balaban J connectivity index is 1.72. The van der Waals surface area contributed by atoms with Gasteiger partial charge in [0.25, 0.3) is 11.8 Å². The van der Waals surface area contributed by atoms with Gasteiger partial charge in [0.05, 0.1) is 12.1 Å². The molecule has 0 radical (unpaired) electrons. The van der Waals surface area contributed by atoms with Crippen molar-refractivity contribution < 1.29 is 14.7 Å². The topological polar surface area (TPSA) is 96.0 Å². The minimum atomic E-state index is -0.654. The summed E-state index contributed by atoms with van der Waals surface area (Å²) in [6, 6.07) is 13.8. The first-order valence-electron chi connectivity index (χ1n) is 8.23. The molecule has 1 heterocycles. The molecule has 3 rings (SSSR count). The van der Waals surface area contributed by atoms with Crippen molar-refractivity contribution in [2.45, 2.75) is 6.54 Å². The van der Waals surface area contributed by atoms with Crippen LogP contribution in [0.15, 0.2) is 63.2 Å². The highest BCUT2D eigenvalue weighted by Gasteiger charge is 2.16. The van der Waals surface area contributed by atoms with Crippen LogP contribution in [0.4, 0.5) is 5.69 Å². The number of hydrogen-bond donors (Lipinski definition) is 2. The second-order valence-corrected chi connectivity index (χ2v) is 6.68. The number of amides is 2. The van der Waals surface area contributed by atoms with Gasteiger partial charge in [-0.1, -0.05) is 40.0 Å². The van der Waals surface area contributed by atoms with Crippen molar-refractivity contribution in [1.82, 2.24) is 9.88 Å². The largest absolute Gasteiger partial charge is 0.493 e. The first kappa shape index (κ1) is 19.3. The van der Waals surface area contributed by atoms with Crippen molar-refractivity contribution in [3.63, 3.8) is 0 Å². The average Bonchev–Trinajstić information content (AvgIpc) is 2.97. The summed E-state index contributed by atoms with van der Waals surface area (Å²) in [5.74, 6) is 1.24. The van der Waals surface area contributed by atoms with Crippen LogP contribution in [0, 0.1) is 12.3 Å².